The van der Waals surface area contributed by atoms with Gasteiger partial charge in [-0.05, 0) is 13.5 Å². The van der Waals surface area contributed by atoms with E-state index in [2.05, 4.69) is 36.6 Å². The molecular formula is C14H23NO2. The van der Waals surface area contributed by atoms with E-state index in [1.54, 1.807) is 0 Å². The van der Waals surface area contributed by atoms with E-state index in [1.165, 1.54) is 12.5 Å². The maximum absolute atomic E-state index is 10.8. The van der Waals surface area contributed by atoms with Crippen molar-refractivity contribution in [3.63, 3.8) is 0 Å². The lowest BCUT2D eigenvalue weighted by Gasteiger charge is -2.13. The summed E-state index contributed by atoms with van der Waals surface area (Å²) in [6.45, 7) is 7.47. The van der Waals surface area contributed by atoms with Crippen molar-refractivity contribution in [2.45, 2.75) is 19.8 Å². The van der Waals surface area contributed by atoms with Crippen molar-refractivity contribution >= 4 is 5.97 Å². The summed E-state index contributed by atoms with van der Waals surface area (Å²) in [6.07, 6.45) is 11.8. The van der Waals surface area contributed by atoms with Gasteiger partial charge in [0.15, 0.2) is 0 Å². The van der Waals surface area contributed by atoms with Crippen molar-refractivity contribution in [3.8, 4) is 0 Å². The second-order valence-corrected chi connectivity index (χ2v) is 3.78. The quantitative estimate of drug-likeness (QED) is 0.351. The predicted octanol–water partition coefficient (Wildman–Crippen LogP) is 2.56. The molecular weight excluding hydrogens is 214 g/mol. The van der Waals surface area contributed by atoms with Crippen LogP contribution in [0.25, 0.3) is 0 Å². The van der Waals surface area contributed by atoms with Crippen LogP contribution in [-0.2, 0) is 9.53 Å². The molecule has 0 unspecified atom stereocenters. The van der Waals surface area contributed by atoms with Gasteiger partial charge in [0.25, 0.3) is 0 Å². The van der Waals surface area contributed by atoms with Crippen molar-refractivity contribution in [3.05, 3.63) is 37.0 Å². The molecule has 0 aliphatic carbocycles. The maximum atomic E-state index is 10.8. The molecule has 0 fully saturated rings. The third kappa shape index (κ3) is 10.9. The zero-order valence-corrected chi connectivity index (χ0v) is 10.9. The molecule has 3 nitrogen and oxygen atoms in total. The number of nitrogens with zero attached hydrogens (tertiary/aromatic N) is 1. The summed E-state index contributed by atoms with van der Waals surface area (Å²) >= 11 is 0. The molecule has 0 spiro atoms. The van der Waals surface area contributed by atoms with Gasteiger partial charge in [-0.2, -0.15) is 0 Å². The summed E-state index contributed by atoms with van der Waals surface area (Å²) in [5, 5.41) is 0. The maximum Gasteiger partial charge on any atom is 0.330 e. The third-order valence-electron chi connectivity index (χ3n) is 2.14. The highest BCUT2D eigenvalue weighted by atomic mass is 16.5. The Kier molecular flexibility index (Phi) is 10.3. The van der Waals surface area contributed by atoms with Gasteiger partial charge < -0.3 is 4.74 Å². The Morgan fingerprint density at radius 2 is 2.06 bits per heavy atom. The minimum Gasteiger partial charge on any atom is -0.461 e. The van der Waals surface area contributed by atoms with Crippen LogP contribution in [0.15, 0.2) is 37.0 Å². The van der Waals surface area contributed by atoms with Gasteiger partial charge >= 0.3 is 5.97 Å². The highest BCUT2D eigenvalue weighted by Crippen LogP contribution is 1.90. The first kappa shape index (κ1) is 15.7. The lowest BCUT2D eigenvalue weighted by molar-refractivity contribution is -0.138. The van der Waals surface area contributed by atoms with Gasteiger partial charge in [0.2, 0.25) is 0 Å². The van der Waals surface area contributed by atoms with E-state index in [-0.39, 0.29) is 5.97 Å². The Morgan fingerprint density at radius 3 is 2.71 bits per heavy atom. The lowest BCUT2D eigenvalue weighted by atomic mass is 10.3. The fraction of sp³-hybridized carbons (Fsp3) is 0.500. The van der Waals surface area contributed by atoms with Crippen molar-refractivity contribution < 1.29 is 9.53 Å². The van der Waals surface area contributed by atoms with Gasteiger partial charge in [0.05, 0.1) is 0 Å². The molecule has 0 aromatic carbocycles. The molecule has 96 valence electrons. The SMILES string of the molecule is C=CC(=O)OCCN(C)CC=CC=CCCC. The molecule has 0 heterocycles. The highest BCUT2D eigenvalue weighted by Gasteiger charge is 1.98. The molecule has 0 radical (unpaired) electrons. The summed E-state index contributed by atoms with van der Waals surface area (Å²) < 4.78 is 4.88. The van der Waals surface area contributed by atoms with Crippen LogP contribution < -0.4 is 0 Å². The van der Waals surface area contributed by atoms with Gasteiger partial charge in [-0.1, -0.05) is 44.2 Å². The number of rotatable bonds is 9. The van der Waals surface area contributed by atoms with Crippen LogP contribution in [0.3, 0.4) is 0 Å². The van der Waals surface area contributed by atoms with Crippen molar-refractivity contribution in [2.75, 3.05) is 26.7 Å². The number of likely N-dealkylation sites (N-methyl/N-ethyl adjacent to an activating group) is 1. The molecule has 0 bridgehead atoms. The van der Waals surface area contributed by atoms with E-state index in [0.717, 1.165) is 19.5 Å². The molecule has 0 aromatic rings. The van der Waals surface area contributed by atoms with Crippen LogP contribution >= 0.6 is 0 Å². The summed E-state index contributed by atoms with van der Waals surface area (Å²) in [4.78, 5) is 12.9. The number of hydrogen-bond acceptors (Lipinski definition) is 3. The van der Waals surface area contributed by atoms with E-state index in [0.29, 0.717) is 6.61 Å². The lowest BCUT2D eigenvalue weighted by Crippen LogP contribution is -2.24. The van der Waals surface area contributed by atoms with E-state index in [1.807, 2.05) is 13.1 Å². The number of carbonyl (C=O) groups is 1. The van der Waals surface area contributed by atoms with Gasteiger partial charge in [-0.3, -0.25) is 4.90 Å². The number of allylic oxidation sites excluding steroid dienone is 3. The Balaban J connectivity index is 3.55. The van der Waals surface area contributed by atoms with Crippen molar-refractivity contribution in [1.29, 1.82) is 0 Å². The number of hydrogen-bond donors (Lipinski definition) is 0. The summed E-state index contributed by atoms with van der Waals surface area (Å²) in [7, 11) is 1.99. The number of carbonyl (C=O) groups excluding carboxylic acids is 1. The fourth-order valence-corrected chi connectivity index (χ4v) is 1.11. The van der Waals surface area contributed by atoms with Crippen molar-refractivity contribution in [2.24, 2.45) is 0 Å². The first-order valence-electron chi connectivity index (χ1n) is 6.00. The van der Waals surface area contributed by atoms with Gasteiger partial charge in [-0.25, -0.2) is 4.79 Å². The second kappa shape index (κ2) is 11.1. The summed E-state index contributed by atoms with van der Waals surface area (Å²) in [6, 6.07) is 0. The van der Waals surface area contributed by atoms with Crippen molar-refractivity contribution in [1.82, 2.24) is 4.90 Å². The monoisotopic (exact) mass is 237 g/mol. The Hall–Kier alpha value is -1.35. The van der Waals surface area contributed by atoms with E-state index < -0.39 is 0 Å². The van der Waals surface area contributed by atoms with Gasteiger partial charge in [0.1, 0.15) is 6.61 Å². The standard InChI is InChI=1S/C14H23NO2/c1-4-6-7-8-9-10-11-15(3)12-13-17-14(16)5-2/h5,7-10H,2,4,6,11-13H2,1,3H3. The molecule has 0 atom stereocenters. The number of esters is 1. The van der Waals surface area contributed by atoms with Gasteiger partial charge in [0, 0.05) is 19.2 Å². The molecule has 0 amide bonds. The summed E-state index contributed by atoms with van der Waals surface area (Å²) in [5.41, 5.74) is 0. The Bertz CT molecular complexity index is 269. The average Bonchev–Trinajstić information content (AvgIpc) is 2.33. The molecule has 0 rings (SSSR count). The zero-order valence-electron chi connectivity index (χ0n) is 10.9. The minimum atomic E-state index is -0.364. The topological polar surface area (TPSA) is 29.5 Å². The average molecular weight is 237 g/mol. The largest absolute Gasteiger partial charge is 0.461 e. The van der Waals surface area contributed by atoms with E-state index in [4.69, 9.17) is 4.74 Å². The minimum absolute atomic E-state index is 0.364. The first-order chi connectivity index (χ1) is 8.20. The van der Waals surface area contributed by atoms with Crippen LogP contribution in [0.1, 0.15) is 19.8 Å². The van der Waals surface area contributed by atoms with Crippen LogP contribution in [0, 0.1) is 0 Å². The molecule has 0 aromatic heterocycles. The fourth-order valence-electron chi connectivity index (χ4n) is 1.11. The first-order valence-corrected chi connectivity index (χ1v) is 6.00. The van der Waals surface area contributed by atoms with Crippen LogP contribution in [-0.4, -0.2) is 37.6 Å². The van der Waals surface area contributed by atoms with Crippen LogP contribution in [0.4, 0.5) is 0 Å². The number of unbranched alkanes of at least 4 members (excludes halogenated alkanes) is 1. The van der Waals surface area contributed by atoms with E-state index in [9.17, 15) is 4.79 Å². The Labute approximate surface area is 104 Å². The molecule has 0 aliphatic rings. The smallest absolute Gasteiger partial charge is 0.330 e. The highest BCUT2D eigenvalue weighted by molar-refractivity contribution is 5.81. The van der Waals surface area contributed by atoms with Crippen LogP contribution in [0.2, 0.25) is 0 Å². The predicted molar refractivity (Wildman–Crippen MR) is 71.8 cm³/mol. The number of ether oxygens (including phenoxy) is 1. The Morgan fingerprint density at radius 1 is 1.35 bits per heavy atom. The molecule has 0 saturated carbocycles. The van der Waals surface area contributed by atoms with Gasteiger partial charge in [-0.15, -0.1) is 0 Å². The molecule has 0 aliphatic heterocycles. The zero-order chi connectivity index (χ0) is 12.9. The molecule has 0 saturated heterocycles. The second-order valence-electron chi connectivity index (χ2n) is 3.78. The molecule has 3 heteroatoms. The van der Waals surface area contributed by atoms with E-state index >= 15 is 0 Å². The van der Waals surface area contributed by atoms with Crippen LogP contribution in [0.5, 0.6) is 0 Å². The third-order valence-corrected chi connectivity index (χ3v) is 2.14. The molecule has 17 heavy (non-hydrogen) atoms. The normalized spacial score (nSPS) is 11.5. The summed E-state index contributed by atoms with van der Waals surface area (Å²) in [5.74, 6) is -0.364. The molecule has 0 N–H and O–H groups in total.